The molecular formula is C26H32ClN5O2. The first kappa shape index (κ1) is 23.1. The van der Waals surface area contributed by atoms with Crippen LogP contribution in [0, 0.1) is 12.8 Å². The predicted molar refractivity (Wildman–Crippen MR) is 136 cm³/mol. The average Bonchev–Trinajstić information content (AvgIpc) is 3.28. The molecule has 2 aliphatic heterocycles. The van der Waals surface area contributed by atoms with Crippen LogP contribution in [-0.2, 0) is 9.53 Å². The second-order valence-corrected chi connectivity index (χ2v) is 9.71. The molecule has 3 aromatic rings. The minimum absolute atomic E-state index is 0.00765. The van der Waals surface area contributed by atoms with Crippen LogP contribution < -0.4 is 10.2 Å². The van der Waals surface area contributed by atoms with Gasteiger partial charge in [0.1, 0.15) is 5.82 Å². The zero-order valence-corrected chi connectivity index (χ0v) is 20.4. The van der Waals surface area contributed by atoms with Crippen molar-refractivity contribution in [1.82, 2.24) is 20.2 Å². The first-order chi connectivity index (χ1) is 16.6. The molecule has 2 aromatic carbocycles. The zero-order valence-electron chi connectivity index (χ0n) is 19.6. The maximum Gasteiger partial charge on any atom is 0.224 e. The first-order valence-electron chi connectivity index (χ1n) is 12.2. The summed E-state index contributed by atoms with van der Waals surface area (Å²) in [6.07, 6.45) is 1.91. The second kappa shape index (κ2) is 10.3. The van der Waals surface area contributed by atoms with E-state index >= 15 is 0 Å². The number of nitrogens with one attached hydrogen (secondary N) is 2. The Bertz CT molecular complexity index is 1160. The van der Waals surface area contributed by atoms with Gasteiger partial charge in [0.2, 0.25) is 5.91 Å². The van der Waals surface area contributed by atoms with Crippen molar-refractivity contribution in [3.8, 4) is 11.4 Å². The molecule has 2 fully saturated rings. The molecule has 2 N–H and O–H groups in total. The number of nitrogens with zero attached hydrogens (tertiary/aromatic N) is 3. The lowest BCUT2D eigenvalue weighted by molar-refractivity contribution is -0.125. The summed E-state index contributed by atoms with van der Waals surface area (Å²) in [5, 5.41) is 3.81. The minimum atomic E-state index is -0.00765. The molecule has 2 aliphatic rings. The number of hydrogen-bond donors (Lipinski definition) is 2. The fraction of sp³-hybridized carbons (Fsp3) is 0.462. The van der Waals surface area contributed by atoms with Crippen molar-refractivity contribution < 1.29 is 9.53 Å². The number of aromatic amines is 1. The quantitative estimate of drug-likeness (QED) is 0.559. The van der Waals surface area contributed by atoms with Crippen LogP contribution in [0.2, 0.25) is 5.02 Å². The number of fused-ring (bicyclic) bond motifs is 1. The fourth-order valence-corrected chi connectivity index (χ4v) is 5.08. The highest BCUT2D eigenvalue weighted by atomic mass is 35.5. The number of amides is 1. The van der Waals surface area contributed by atoms with Crippen molar-refractivity contribution in [2.45, 2.75) is 19.8 Å². The average molecular weight is 482 g/mol. The summed E-state index contributed by atoms with van der Waals surface area (Å²) in [7, 11) is 0. The van der Waals surface area contributed by atoms with Gasteiger partial charge in [-0.1, -0.05) is 17.7 Å². The van der Waals surface area contributed by atoms with Crippen LogP contribution in [0.15, 0.2) is 36.4 Å². The minimum Gasteiger partial charge on any atom is -0.379 e. The highest BCUT2D eigenvalue weighted by molar-refractivity contribution is 6.33. The molecular weight excluding hydrogens is 450 g/mol. The van der Waals surface area contributed by atoms with Gasteiger partial charge in [0.15, 0.2) is 0 Å². The van der Waals surface area contributed by atoms with Crippen molar-refractivity contribution in [2.24, 2.45) is 5.92 Å². The highest BCUT2D eigenvalue weighted by Gasteiger charge is 2.26. The van der Waals surface area contributed by atoms with E-state index in [0.717, 1.165) is 80.3 Å². The molecule has 0 saturated carbocycles. The van der Waals surface area contributed by atoms with E-state index in [1.165, 1.54) is 5.56 Å². The third-order valence-electron chi connectivity index (χ3n) is 6.83. The number of anilines is 1. The number of morpholine rings is 1. The lowest BCUT2D eigenvalue weighted by Gasteiger charge is -2.34. The van der Waals surface area contributed by atoms with Gasteiger partial charge in [0, 0.05) is 50.5 Å². The number of piperidine rings is 1. The molecule has 5 rings (SSSR count). The molecule has 1 amide bonds. The van der Waals surface area contributed by atoms with Gasteiger partial charge in [-0.25, -0.2) is 4.98 Å². The second-order valence-electron chi connectivity index (χ2n) is 9.30. The van der Waals surface area contributed by atoms with Crippen molar-refractivity contribution >= 4 is 34.2 Å². The van der Waals surface area contributed by atoms with Crippen LogP contribution in [0.4, 0.5) is 5.69 Å². The highest BCUT2D eigenvalue weighted by Crippen LogP contribution is 2.33. The standard InChI is InChI=1S/C26H32ClN5O2/c1-18-4-7-23-24(15-18)30-25(29-23)21-16-20(5-6-22(21)27)32-9-2-3-19(17-32)26(33)28-8-10-31-11-13-34-14-12-31/h4-7,15-16,19H,2-3,8-14,17H2,1H3,(H,28,33)(H,29,30). The Morgan fingerprint density at radius 3 is 2.91 bits per heavy atom. The third kappa shape index (κ3) is 5.22. The number of carbonyl (C=O) groups excluding carboxylic acids is 1. The maximum atomic E-state index is 12.9. The zero-order chi connectivity index (χ0) is 23.5. The molecule has 0 spiro atoms. The predicted octanol–water partition coefficient (Wildman–Crippen LogP) is 3.86. The first-order valence-corrected chi connectivity index (χ1v) is 12.5. The van der Waals surface area contributed by atoms with Crippen molar-refractivity contribution in [3.63, 3.8) is 0 Å². The van der Waals surface area contributed by atoms with Gasteiger partial charge < -0.3 is 19.9 Å². The molecule has 2 saturated heterocycles. The summed E-state index contributed by atoms with van der Waals surface area (Å²) in [6.45, 7) is 8.72. The molecule has 7 nitrogen and oxygen atoms in total. The summed E-state index contributed by atoms with van der Waals surface area (Å²) < 4.78 is 5.39. The van der Waals surface area contributed by atoms with E-state index in [4.69, 9.17) is 21.3 Å². The van der Waals surface area contributed by atoms with Gasteiger partial charge in [0.25, 0.3) is 0 Å². The van der Waals surface area contributed by atoms with Crippen molar-refractivity contribution in [3.05, 3.63) is 47.0 Å². The summed E-state index contributed by atoms with van der Waals surface area (Å²) in [4.78, 5) is 25.7. The number of H-pyrrole nitrogens is 1. The number of halogens is 1. The van der Waals surface area contributed by atoms with Crippen LogP contribution >= 0.6 is 11.6 Å². The van der Waals surface area contributed by atoms with Gasteiger partial charge >= 0.3 is 0 Å². The van der Waals surface area contributed by atoms with E-state index in [-0.39, 0.29) is 11.8 Å². The fourth-order valence-electron chi connectivity index (χ4n) is 4.87. The Kier molecular flexibility index (Phi) is 7.04. The van der Waals surface area contributed by atoms with E-state index in [0.29, 0.717) is 18.1 Å². The Hall–Kier alpha value is -2.61. The number of ether oxygens (including phenoxy) is 1. The van der Waals surface area contributed by atoms with Crippen LogP contribution in [0.5, 0.6) is 0 Å². The smallest absolute Gasteiger partial charge is 0.224 e. The topological polar surface area (TPSA) is 73.5 Å². The van der Waals surface area contributed by atoms with E-state index < -0.39 is 0 Å². The lowest BCUT2D eigenvalue weighted by atomic mass is 9.96. The molecule has 0 aliphatic carbocycles. The van der Waals surface area contributed by atoms with Gasteiger partial charge in [-0.2, -0.15) is 0 Å². The molecule has 8 heteroatoms. The van der Waals surface area contributed by atoms with Crippen LogP contribution in [0.3, 0.4) is 0 Å². The number of hydrogen-bond acceptors (Lipinski definition) is 5. The summed E-state index contributed by atoms with van der Waals surface area (Å²) in [5.41, 5.74) is 5.06. The molecule has 1 unspecified atom stereocenters. The van der Waals surface area contributed by atoms with E-state index in [1.807, 2.05) is 18.2 Å². The number of imidazole rings is 1. The number of carbonyl (C=O) groups is 1. The van der Waals surface area contributed by atoms with E-state index in [1.54, 1.807) is 0 Å². The van der Waals surface area contributed by atoms with Crippen LogP contribution in [0.1, 0.15) is 18.4 Å². The number of aryl methyl sites for hydroxylation is 1. The molecule has 0 radical (unpaired) electrons. The Morgan fingerprint density at radius 2 is 2.06 bits per heavy atom. The summed E-state index contributed by atoms with van der Waals surface area (Å²) in [5.74, 6) is 0.911. The Morgan fingerprint density at radius 1 is 1.21 bits per heavy atom. The lowest BCUT2D eigenvalue weighted by Crippen LogP contribution is -2.46. The van der Waals surface area contributed by atoms with Crippen LogP contribution in [0.25, 0.3) is 22.4 Å². The van der Waals surface area contributed by atoms with Crippen LogP contribution in [-0.4, -0.2) is 73.3 Å². The molecule has 180 valence electrons. The Labute approximate surface area is 205 Å². The SMILES string of the molecule is Cc1ccc2nc(-c3cc(N4CCCC(C(=O)NCCN5CCOCC5)C4)ccc3Cl)[nH]c2c1. The monoisotopic (exact) mass is 481 g/mol. The number of aromatic nitrogens is 2. The normalized spacial score (nSPS) is 19.5. The molecule has 34 heavy (non-hydrogen) atoms. The largest absolute Gasteiger partial charge is 0.379 e. The van der Waals surface area contributed by atoms with E-state index in [9.17, 15) is 4.79 Å². The summed E-state index contributed by atoms with van der Waals surface area (Å²) in [6, 6.07) is 12.2. The van der Waals surface area contributed by atoms with Crippen molar-refractivity contribution in [1.29, 1.82) is 0 Å². The van der Waals surface area contributed by atoms with Gasteiger partial charge in [-0.3, -0.25) is 9.69 Å². The Balaban J connectivity index is 1.25. The summed E-state index contributed by atoms with van der Waals surface area (Å²) >= 11 is 6.57. The molecule has 1 atom stereocenters. The van der Waals surface area contributed by atoms with E-state index in [2.05, 4.69) is 45.2 Å². The molecule has 1 aromatic heterocycles. The maximum absolute atomic E-state index is 12.9. The third-order valence-corrected chi connectivity index (χ3v) is 7.16. The number of benzene rings is 2. The van der Waals surface area contributed by atoms with Crippen molar-refractivity contribution in [2.75, 3.05) is 57.4 Å². The number of rotatable bonds is 6. The van der Waals surface area contributed by atoms with Gasteiger partial charge in [-0.15, -0.1) is 0 Å². The molecule has 3 heterocycles. The van der Waals surface area contributed by atoms with Gasteiger partial charge in [0.05, 0.1) is 35.2 Å². The van der Waals surface area contributed by atoms with Gasteiger partial charge in [-0.05, 0) is 55.7 Å². The molecule has 0 bridgehead atoms.